The first-order valence-electron chi connectivity index (χ1n) is 31.3. The van der Waals surface area contributed by atoms with Gasteiger partial charge in [0.25, 0.3) is 0 Å². The second-order valence-corrected chi connectivity index (χ2v) is 28.9. The third kappa shape index (κ3) is 11.7. The van der Waals surface area contributed by atoms with E-state index < -0.39 is 238 Å². The topological polar surface area (TPSA) is 459 Å². The molecule has 10 aliphatic rings. The fourth-order valence-corrected chi connectivity index (χ4v) is 17.9. The first-order valence-corrected chi connectivity index (χ1v) is 31.3. The van der Waals surface area contributed by atoms with Crippen LogP contribution in [0.15, 0.2) is 11.6 Å². The Morgan fingerprint density at radius 3 is 1.79 bits per heavy atom. The number of ether oxygens (including phenoxy) is 11. The van der Waals surface area contributed by atoms with Crippen molar-refractivity contribution >= 4 is 11.9 Å². The molecule has 0 aromatic rings. The van der Waals surface area contributed by atoms with Crippen molar-refractivity contribution in [2.45, 2.75) is 266 Å². The van der Waals surface area contributed by atoms with Crippen molar-refractivity contribution in [3.63, 3.8) is 0 Å². The number of hydrogen-bond acceptors (Lipinski definition) is 29. The van der Waals surface area contributed by atoms with Crippen LogP contribution in [0.5, 0.6) is 0 Å². The molecule has 5 aliphatic carbocycles. The molecule has 89 heavy (non-hydrogen) atoms. The van der Waals surface area contributed by atoms with Crippen LogP contribution in [0.25, 0.3) is 0 Å². The van der Waals surface area contributed by atoms with Gasteiger partial charge in [0.2, 0.25) is 6.29 Å². The molecule has 0 radical (unpaired) electrons. The zero-order valence-electron chi connectivity index (χ0n) is 51.5. The van der Waals surface area contributed by atoms with Crippen molar-refractivity contribution < 1.29 is 143 Å². The molecule has 0 amide bonds. The van der Waals surface area contributed by atoms with Crippen LogP contribution in [0.4, 0.5) is 0 Å². The number of carbonyl (C=O) groups excluding carboxylic acids is 2. The number of aliphatic hydroxyl groups is 16. The van der Waals surface area contributed by atoms with Gasteiger partial charge < -0.3 is 134 Å². The highest BCUT2D eigenvalue weighted by Gasteiger charge is 2.73. The molecule has 0 aromatic carbocycles. The predicted molar refractivity (Wildman–Crippen MR) is 296 cm³/mol. The van der Waals surface area contributed by atoms with Gasteiger partial charge in [0.05, 0.1) is 57.5 Å². The average molecular weight is 1280 g/mol. The molecule has 29 nitrogen and oxygen atoms in total. The van der Waals surface area contributed by atoms with Gasteiger partial charge in [-0.05, 0) is 97.7 Å². The lowest BCUT2D eigenvalue weighted by atomic mass is 9.33. The molecule has 5 heterocycles. The summed E-state index contributed by atoms with van der Waals surface area (Å²) in [6.07, 6.45) is -37.5. The van der Waals surface area contributed by atoms with E-state index in [0.717, 1.165) is 12.5 Å². The predicted octanol–water partition coefficient (Wildman–Crippen LogP) is -4.42. The van der Waals surface area contributed by atoms with E-state index in [2.05, 4.69) is 40.7 Å². The molecule has 2 unspecified atom stereocenters. The first kappa shape index (κ1) is 69.5. The Kier molecular flexibility index (Phi) is 20.1. The maximum atomic E-state index is 15.5. The molecule has 0 bridgehead atoms. The lowest BCUT2D eigenvalue weighted by Crippen LogP contribution is -2.71. The smallest absolute Gasteiger partial charge is 0.317 e. The van der Waals surface area contributed by atoms with Crippen LogP contribution in [0, 0.1) is 50.2 Å². The van der Waals surface area contributed by atoms with Gasteiger partial charge in [-0.15, -0.1) is 0 Å². The highest BCUT2D eigenvalue weighted by Crippen LogP contribution is 2.76. The van der Waals surface area contributed by atoms with Crippen LogP contribution in [-0.4, -0.2) is 286 Å². The summed E-state index contributed by atoms with van der Waals surface area (Å²) in [6, 6.07) is 0. The lowest BCUT2D eigenvalue weighted by molar-refractivity contribution is -0.375. The fraction of sp³-hybridized carbons (Fsp3) is 0.933. The summed E-state index contributed by atoms with van der Waals surface area (Å²) in [7, 11) is 0. The second-order valence-electron chi connectivity index (χ2n) is 28.9. The van der Waals surface area contributed by atoms with Crippen molar-refractivity contribution in [1.82, 2.24) is 0 Å². The van der Waals surface area contributed by atoms with E-state index in [0.29, 0.717) is 32.1 Å². The van der Waals surface area contributed by atoms with Gasteiger partial charge in [-0.2, -0.15) is 0 Å². The SMILES string of the molecule is CC(=O)O[C@H]1[C@H](O[C@@H]2[C@@H](OC(=O)[C@]34CCC(C)(C)C[C@H]3C3=CCC5[C@@]6(C)C[C@H](O)[C@H](O[C@@H]7O[C@H](CO)[C@@H](O)[C@H](O[C@@H]8O[C@H](CO)[C@@H](O)[C@H](O)[C@H]8O)[C@H]7O)[C@@](C)(CO)C6CC[C@@]5(C)[C@]3(C)C[C@H]4O)OC[C@@H](O)[C@H]2O)O[C@@H](C)[C@H](O[C@@H]2OC[C@@H](O)[C@H](O)[C@H]2O)[C@H]1O. The van der Waals surface area contributed by atoms with E-state index in [1.165, 1.54) is 6.92 Å². The van der Waals surface area contributed by atoms with Gasteiger partial charge in [0, 0.05) is 12.3 Å². The van der Waals surface area contributed by atoms with Crippen molar-refractivity contribution in [1.29, 1.82) is 0 Å². The number of allylic oxidation sites excluding steroid dienone is 2. The lowest BCUT2D eigenvalue weighted by Gasteiger charge is -2.72. The molecular formula is C60H96O29. The van der Waals surface area contributed by atoms with Crippen molar-refractivity contribution in [3.05, 3.63) is 11.6 Å². The van der Waals surface area contributed by atoms with Gasteiger partial charge in [-0.1, -0.05) is 53.2 Å². The minimum Gasteiger partial charge on any atom is -0.454 e. The van der Waals surface area contributed by atoms with Crippen LogP contribution in [-0.2, 0) is 61.7 Å². The highest BCUT2D eigenvalue weighted by molar-refractivity contribution is 5.80. The third-order valence-corrected chi connectivity index (χ3v) is 23.1. The molecule has 34 atom stereocenters. The number of hydrogen-bond donors (Lipinski definition) is 16. The van der Waals surface area contributed by atoms with Gasteiger partial charge in [0.1, 0.15) is 97.0 Å². The van der Waals surface area contributed by atoms with E-state index in [4.69, 9.17) is 52.1 Å². The van der Waals surface area contributed by atoms with Crippen LogP contribution >= 0.6 is 0 Å². The standard InChI is InChI=1S/C60H96O29/c1-23-44(85-49-40(74)35(69)28(66)20-79-49)42(76)47(82-24(2)64)53(81-23)87-46-36(70)29(67)21-80-52(46)89-54(78)60-14-13-55(3,4)15-26(60)25-9-10-33-56(5)16-27(65)48(57(6,22-63)32(56)11-12-58(33,7)59(25,8)17-34(60)68)88-51-43(77)45(38(72)31(19-62)84-51)86-50-41(75)39(73)37(71)30(18-61)83-50/h9,23,26-53,61-63,65-77H,10-22H2,1-8H3/t23-,26-,27-,28+,29+,30+,31+,32?,33?,34+,35-,36+,37+,38+,39-,40+,41+,42+,43+,44-,45-,46-,47+,48-,49-,50-,51-,52+,53-,56-,57-,58+,59+,60+/m0/s1. The Bertz CT molecular complexity index is 2530. The first-order chi connectivity index (χ1) is 41.7. The Morgan fingerprint density at radius 1 is 0.551 bits per heavy atom. The third-order valence-electron chi connectivity index (χ3n) is 23.1. The maximum absolute atomic E-state index is 15.5. The minimum absolute atomic E-state index is 0.0829. The monoisotopic (exact) mass is 1280 g/mol. The molecule has 5 aliphatic heterocycles. The van der Waals surface area contributed by atoms with Crippen molar-refractivity contribution in [3.8, 4) is 0 Å². The van der Waals surface area contributed by atoms with E-state index in [-0.39, 0.29) is 36.5 Å². The Labute approximate surface area is 515 Å². The molecule has 0 aromatic heterocycles. The Balaban J connectivity index is 0.893. The summed E-state index contributed by atoms with van der Waals surface area (Å²) < 4.78 is 65.1. The van der Waals surface area contributed by atoms with Crippen LogP contribution in [0.1, 0.15) is 107 Å². The molecule has 0 spiro atoms. The van der Waals surface area contributed by atoms with Gasteiger partial charge in [-0.3, -0.25) is 9.59 Å². The molecule has 29 heteroatoms. The van der Waals surface area contributed by atoms with E-state index in [1.807, 2.05) is 0 Å². The van der Waals surface area contributed by atoms with Crippen LogP contribution < -0.4 is 0 Å². The van der Waals surface area contributed by atoms with Gasteiger partial charge in [0.15, 0.2) is 37.4 Å². The molecule has 510 valence electrons. The van der Waals surface area contributed by atoms with Crippen molar-refractivity contribution in [2.75, 3.05) is 33.0 Å². The van der Waals surface area contributed by atoms with E-state index >= 15 is 4.79 Å². The fourth-order valence-electron chi connectivity index (χ4n) is 17.9. The average Bonchev–Trinajstić information content (AvgIpc) is 0.677. The summed E-state index contributed by atoms with van der Waals surface area (Å²) in [6.45, 7) is 11.8. The molecule has 5 saturated heterocycles. The number of esters is 2. The van der Waals surface area contributed by atoms with Crippen LogP contribution in [0.2, 0.25) is 0 Å². The Hall–Kier alpha value is -2.32. The highest BCUT2D eigenvalue weighted by atomic mass is 16.8. The van der Waals surface area contributed by atoms with E-state index in [9.17, 15) is 86.5 Å². The van der Waals surface area contributed by atoms with Gasteiger partial charge >= 0.3 is 11.9 Å². The summed E-state index contributed by atoms with van der Waals surface area (Å²) in [5.41, 5.74) is -4.43. The Morgan fingerprint density at radius 2 is 1.15 bits per heavy atom. The zero-order valence-corrected chi connectivity index (χ0v) is 51.5. The molecule has 9 fully saturated rings. The summed E-state index contributed by atoms with van der Waals surface area (Å²) in [5.74, 6) is -2.98. The molecule has 4 saturated carbocycles. The molecular weight excluding hydrogens is 1180 g/mol. The second kappa shape index (κ2) is 25.7. The normalized spacial score (nSPS) is 54.1. The zero-order chi connectivity index (χ0) is 65.2. The summed E-state index contributed by atoms with van der Waals surface area (Å²) in [4.78, 5) is 28.1. The number of aliphatic hydroxyl groups excluding tert-OH is 16. The maximum Gasteiger partial charge on any atom is 0.317 e. The van der Waals surface area contributed by atoms with Crippen molar-refractivity contribution in [2.24, 2.45) is 50.2 Å². The van der Waals surface area contributed by atoms with Gasteiger partial charge in [-0.25, -0.2) is 0 Å². The molecule has 10 rings (SSSR count). The number of carbonyl (C=O) groups is 2. The quantitative estimate of drug-likeness (QED) is 0.0443. The van der Waals surface area contributed by atoms with E-state index in [1.54, 1.807) is 6.92 Å². The number of fused-ring (bicyclic) bond motifs is 7. The van der Waals surface area contributed by atoms with Crippen LogP contribution in [0.3, 0.4) is 0 Å². The number of rotatable bonds is 14. The molecule has 16 N–H and O–H groups in total. The minimum atomic E-state index is -1.91. The summed E-state index contributed by atoms with van der Waals surface area (Å²) in [5, 5.41) is 177. The summed E-state index contributed by atoms with van der Waals surface area (Å²) >= 11 is 0. The largest absolute Gasteiger partial charge is 0.454 e.